The second kappa shape index (κ2) is 7.99. The molecule has 0 saturated carbocycles. The Bertz CT molecular complexity index is 619. The third-order valence-corrected chi connectivity index (χ3v) is 4.36. The minimum Gasteiger partial charge on any atom is -0.496 e. The molecule has 1 amide bonds. The van der Waals surface area contributed by atoms with E-state index in [-0.39, 0.29) is 11.9 Å². The normalized spacial score (nSPS) is 12.0. The first-order valence-corrected chi connectivity index (χ1v) is 8.20. The first-order chi connectivity index (χ1) is 11.1. The van der Waals surface area contributed by atoms with Crippen molar-refractivity contribution < 1.29 is 14.3 Å². The summed E-state index contributed by atoms with van der Waals surface area (Å²) in [5.41, 5.74) is 1.60. The predicted molar refractivity (Wildman–Crippen MR) is 92.6 cm³/mol. The number of nitrogens with one attached hydrogen (secondary N) is 1. The van der Waals surface area contributed by atoms with Crippen LogP contribution in [0.4, 0.5) is 0 Å². The zero-order valence-electron chi connectivity index (χ0n) is 13.8. The van der Waals surface area contributed by atoms with E-state index in [1.807, 2.05) is 19.5 Å². The number of thiophene rings is 1. The topological polar surface area (TPSA) is 50.8 Å². The largest absolute Gasteiger partial charge is 0.496 e. The number of benzene rings is 1. The van der Waals surface area contributed by atoms with Gasteiger partial charge in [0.25, 0.3) is 5.91 Å². The summed E-state index contributed by atoms with van der Waals surface area (Å²) >= 11 is 1.65. The molecule has 0 aliphatic rings. The molecule has 2 aromatic rings. The lowest BCUT2D eigenvalue weighted by Crippen LogP contribution is -2.34. The van der Waals surface area contributed by atoms with Crippen LogP contribution in [0.1, 0.15) is 22.0 Å². The van der Waals surface area contributed by atoms with Gasteiger partial charge in [0.15, 0.2) is 0 Å². The molecule has 0 bridgehead atoms. The summed E-state index contributed by atoms with van der Waals surface area (Å²) in [6.45, 7) is 0.504. The molecule has 0 aliphatic carbocycles. The van der Waals surface area contributed by atoms with E-state index in [0.29, 0.717) is 23.6 Å². The highest BCUT2D eigenvalue weighted by atomic mass is 32.1. The van der Waals surface area contributed by atoms with Gasteiger partial charge in [-0.25, -0.2) is 0 Å². The monoisotopic (exact) mass is 334 g/mol. The molecule has 23 heavy (non-hydrogen) atoms. The molecule has 0 spiro atoms. The average Bonchev–Trinajstić information content (AvgIpc) is 3.07. The SMILES string of the molecule is COc1cccc(OC)c1C(=O)NCC(c1ccsc1)N(C)C. The van der Waals surface area contributed by atoms with Crippen molar-refractivity contribution in [1.29, 1.82) is 0 Å². The first-order valence-electron chi connectivity index (χ1n) is 7.26. The maximum atomic E-state index is 12.6. The van der Waals surface area contributed by atoms with E-state index in [9.17, 15) is 4.79 Å². The Kier molecular flexibility index (Phi) is 6.01. The molecule has 1 N–H and O–H groups in total. The van der Waals surface area contributed by atoms with E-state index in [1.54, 1.807) is 43.8 Å². The van der Waals surface area contributed by atoms with Gasteiger partial charge in [0.1, 0.15) is 17.1 Å². The molecular weight excluding hydrogens is 312 g/mol. The van der Waals surface area contributed by atoms with Crippen molar-refractivity contribution in [3.8, 4) is 11.5 Å². The highest BCUT2D eigenvalue weighted by molar-refractivity contribution is 7.07. The van der Waals surface area contributed by atoms with Crippen LogP contribution in [0.2, 0.25) is 0 Å². The number of hydrogen-bond acceptors (Lipinski definition) is 5. The maximum Gasteiger partial charge on any atom is 0.258 e. The summed E-state index contributed by atoms with van der Waals surface area (Å²) in [6.07, 6.45) is 0. The predicted octanol–water partition coefficient (Wildman–Crippen LogP) is 2.80. The molecule has 0 fully saturated rings. The Morgan fingerprint density at radius 2 is 1.87 bits per heavy atom. The number of rotatable bonds is 7. The minimum atomic E-state index is -0.207. The average molecular weight is 334 g/mol. The highest BCUT2D eigenvalue weighted by Crippen LogP contribution is 2.28. The summed E-state index contributed by atoms with van der Waals surface area (Å²) in [5, 5.41) is 7.12. The Balaban J connectivity index is 2.16. The molecule has 2 rings (SSSR count). The van der Waals surface area contributed by atoms with Gasteiger partial charge in [0.05, 0.1) is 20.3 Å². The van der Waals surface area contributed by atoms with Crippen molar-refractivity contribution in [2.75, 3.05) is 34.9 Å². The number of nitrogens with zero attached hydrogens (tertiary/aromatic N) is 1. The van der Waals surface area contributed by atoms with Crippen LogP contribution in [0.3, 0.4) is 0 Å². The van der Waals surface area contributed by atoms with Crippen LogP contribution >= 0.6 is 11.3 Å². The van der Waals surface area contributed by atoms with Crippen LogP contribution in [-0.2, 0) is 0 Å². The van der Waals surface area contributed by atoms with Gasteiger partial charge in [-0.2, -0.15) is 11.3 Å². The van der Waals surface area contributed by atoms with Crippen LogP contribution in [0.25, 0.3) is 0 Å². The molecule has 1 heterocycles. The van der Waals surface area contributed by atoms with Gasteiger partial charge in [-0.15, -0.1) is 0 Å². The number of ether oxygens (including phenoxy) is 2. The standard InChI is InChI=1S/C17H22N2O3S/c1-19(2)13(12-8-9-23-11-12)10-18-17(20)16-14(21-3)6-5-7-15(16)22-4/h5-9,11,13H,10H2,1-4H3,(H,18,20). The van der Waals surface area contributed by atoms with Gasteiger partial charge >= 0.3 is 0 Å². The molecule has 6 heteroatoms. The van der Waals surface area contributed by atoms with E-state index in [4.69, 9.17) is 9.47 Å². The van der Waals surface area contributed by atoms with Crippen molar-refractivity contribution in [3.63, 3.8) is 0 Å². The summed E-state index contributed by atoms with van der Waals surface area (Å²) in [4.78, 5) is 14.7. The van der Waals surface area contributed by atoms with Crippen LogP contribution in [0.5, 0.6) is 11.5 Å². The van der Waals surface area contributed by atoms with Gasteiger partial charge in [-0.05, 0) is 48.6 Å². The summed E-state index contributed by atoms with van der Waals surface area (Å²) in [7, 11) is 7.08. The summed E-state index contributed by atoms with van der Waals surface area (Å²) < 4.78 is 10.6. The molecular formula is C17H22N2O3S. The lowest BCUT2D eigenvalue weighted by atomic mass is 10.1. The smallest absolute Gasteiger partial charge is 0.258 e. The van der Waals surface area contributed by atoms with E-state index in [1.165, 1.54) is 5.56 Å². The van der Waals surface area contributed by atoms with E-state index >= 15 is 0 Å². The van der Waals surface area contributed by atoms with Crippen molar-refractivity contribution in [3.05, 3.63) is 46.2 Å². The number of carbonyl (C=O) groups is 1. The molecule has 124 valence electrons. The maximum absolute atomic E-state index is 12.6. The fourth-order valence-electron chi connectivity index (χ4n) is 2.42. The second-order valence-electron chi connectivity index (χ2n) is 5.28. The lowest BCUT2D eigenvalue weighted by molar-refractivity contribution is 0.0935. The van der Waals surface area contributed by atoms with Crippen molar-refractivity contribution in [2.24, 2.45) is 0 Å². The molecule has 1 atom stereocenters. The third-order valence-electron chi connectivity index (χ3n) is 3.66. The van der Waals surface area contributed by atoms with Gasteiger partial charge in [-0.1, -0.05) is 6.07 Å². The Morgan fingerprint density at radius 1 is 1.22 bits per heavy atom. The zero-order valence-corrected chi connectivity index (χ0v) is 14.6. The van der Waals surface area contributed by atoms with Crippen LogP contribution < -0.4 is 14.8 Å². The van der Waals surface area contributed by atoms with Crippen molar-refractivity contribution >= 4 is 17.2 Å². The number of amides is 1. The minimum absolute atomic E-state index is 0.117. The van der Waals surface area contributed by atoms with E-state index < -0.39 is 0 Å². The van der Waals surface area contributed by atoms with Gasteiger partial charge in [0, 0.05) is 6.54 Å². The molecule has 1 aromatic carbocycles. The number of likely N-dealkylation sites (N-methyl/N-ethyl adjacent to an activating group) is 1. The second-order valence-corrected chi connectivity index (χ2v) is 6.06. The molecule has 0 radical (unpaired) electrons. The molecule has 1 unspecified atom stereocenters. The number of hydrogen-bond donors (Lipinski definition) is 1. The number of methoxy groups -OCH3 is 2. The lowest BCUT2D eigenvalue weighted by Gasteiger charge is -2.24. The summed E-state index contributed by atoms with van der Waals surface area (Å²) in [6, 6.07) is 7.48. The fraction of sp³-hybridized carbons (Fsp3) is 0.353. The van der Waals surface area contributed by atoms with Crippen LogP contribution in [0, 0.1) is 0 Å². The molecule has 0 aliphatic heterocycles. The van der Waals surface area contributed by atoms with Crippen LogP contribution in [-0.4, -0.2) is 45.7 Å². The first kappa shape index (κ1) is 17.3. The highest BCUT2D eigenvalue weighted by Gasteiger charge is 2.21. The number of carbonyl (C=O) groups excluding carboxylic acids is 1. The quantitative estimate of drug-likeness (QED) is 0.846. The Labute approximate surface area is 140 Å². The van der Waals surface area contributed by atoms with Gasteiger partial charge in [-0.3, -0.25) is 4.79 Å². The molecule has 0 saturated heterocycles. The fourth-order valence-corrected chi connectivity index (χ4v) is 3.12. The van der Waals surface area contributed by atoms with E-state index in [0.717, 1.165) is 0 Å². The molecule has 5 nitrogen and oxygen atoms in total. The van der Waals surface area contributed by atoms with Gasteiger partial charge < -0.3 is 19.7 Å². The van der Waals surface area contributed by atoms with Crippen LogP contribution in [0.15, 0.2) is 35.0 Å². The summed E-state index contributed by atoms with van der Waals surface area (Å²) in [5.74, 6) is 0.791. The Morgan fingerprint density at radius 3 is 2.35 bits per heavy atom. The zero-order chi connectivity index (χ0) is 16.8. The van der Waals surface area contributed by atoms with Crippen molar-refractivity contribution in [1.82, 2.24) is 10.2 Å². The molecule has 1 aromatic heterocycles. The van der Waals surface area contributed by atoms with Gasteiger partial charge in [0.2, 0.25) is 0 Å². The van der Waals surface area contributed by atoms with Crippen molar-refractivity contribution in [2.45, 2.75) is 6.04 Å². The third kappa shape index (κ3) is 4.03. The Hall–Kier alpha value is -2.05. The van der Waals surface area contributed by atoms with E-state index in [2.05, 4.69) is 21.7 Å².